The Kier molecular flexibility index (Phi) is 7.80. The monoisotopic (exact) mass is 236 g/mol. The van der Waals surface area contributed by atoms with Crippen molar-refractivity contribution in [2.24, 2.45) is 5.73 Å². The van der Waals surface area contributed by atoms with Gasteiger partial charge >= 0.3 is 0 Å². The zero-order chi connectivity index (χ0) is 8.97. The molecule has 0 aliphatic heterocycles. The van der Waals surface area contributed by atoms with E-state index in [-0.39, 0.29) is 24.8 Å². The number of amides is 2. The lowest BCUT2D eigenvalue weighted by Gasteiger charge is -2.02. The molecule has 0 bridgehead atoms. The van der Waals surface area contributed by atoms with E-state index in [1.54, 1.807) is 24.3 Å². The molecule has 0 saturated heterocycles. The molecule has 6 heteroatoms. The molecule has 0 spiro atoms. The van der Waals surface area contributed by atoms with E-state index >= 15 is 0 Å². The summed E-state index contributed by atoms with van der Waals surface area (Å²) in [7, 11) is 0. The minimum absolute atomic E-state index is 0. The Morgan fingerprint density at radius 1 is 1.29 bits per heavy atom. The van der Waals surface area contributed by atoms with E-state index in [4.69, 9.17) is 5.73 Å². The van der Waals surface area contributed by atoms with Crippen molar-refractivity contribution in [1.82, 2.24) is 0 Å². The lowest BCUT2D eigenvalue weighted by Crippen LogP contribution is -2.13. The third kappa shape index (κ3) is 3.64. The van der Waals surface area contributed by atoms with Crippen molar-refractivity contribution < 1.29 is 9.59 Å². The molecular formula is C8H10Cl2N2O2. The van der Waals surface area contributed by atoms with Gasteiger partial charge < -0.3 is 11.1 Å². The molecule has 0 fully saturated rings. The van der Waals surface area contributed by atoms with Crippen molar-refractivity contribution in [2.45, 2.75) is 0 Å². The highest BCUT2D eigenvalue weighted by atomic mass is 35.5. The molecule has 78 valence electrons. The molecule has 0 radical (unpaired) electrons. The van der Waals surface area contributed by atoms with Crippen molar-refractivity contribution in [3.63, 3.8) is 0 Å². The molecule has 1 aromatic rings. The van der Waals surface area contributed by atoms with Crippen molar-refractivity contribution in [2.75, 3.05) is 5.32 Å². The molecule has 0 aromatic heterocycles. The number of rotatable bonds is 3. The standard InChI is InChI=1S/C8H8N2O2.2ClH/c9-8(12)6-3-1-2-4-7(6)10-5-11;;/h1-5H,(H2,9,12)(H,10,11);2*1H. The second-order valence-corrected chi connectivity index (χ2v) is 2.17. The summed E-state index contributed by atoms with van der Waals surface area (Å²) in [4.78, 5) is 20.8. The van der Waals surface area contributed by atoms with Crippen LogP contribution in [0.3, 0.4) is 0 Å². The van der Waals surface area contributed by atoms with E-state index in [0.717, 1.165) is 0 Å². The Balaban J connectivity index is 0. The van der Waals surface area contributed by atoms with Crippen LogP contribution in [0.2, 0.25) is 0 Å². The number of carbonyl (C=O) groups is 2. The summed E-state index contributed by atoms with van der Waals surface area (Å²) in [5.41, 5.74) is 5.79. The molecule has 1 rings (SSSR count). The first-order valence-corrected chi connectivity index (χ1v) is 3.34. The number of hydrogen-bond acceptors (Lipinski definition) is 2. The molecule has 14 heavy (non-hydrogen) atoms. The topological polar surface area (TPSA) is 72.2 Å². The summed E-state index contributed by atoms with van der Waals surface area (Å²) in [5, 5.41) is 2.38. The summed E-state index contributed by atoms with van der Waals surface area (Å²) in [6.45, 7) is 0. The maximum atomic E-state index is 10.8. The second kappa shape index (κ2) is 7.17. The molecule has 3 N–H and O–H groups in total. The predicted molar refractivity (Wildman–Crippen MR) is 59.1 cm³/mol. The smallest absolute Gasteiger partial charge is 0.250 e. The SMILES string of the molecule is Cl.Cl.NC(=O)c1ccccc1NC=O. The highest BCUT2D eigenvalue weighted by Gasteiger charge is 2.04. The minimum atomic E-state index is -0.556. The molecule has 2 amide bonds. The van der Waals surface area contributed by atoms with Crippen molar-refractivity contribution in [3.8, 4) is 0 Å². The number of anilines is 1. The molecule has 0 aliphatic rings. The Morgan fingerprint density at radius 2 is 1.86 bits per heavy atom. The number of nitrogens with two attached hydrogens (primary N) is 1. The summed E-state index contributed by atoms with van der Waals surface area (Å²) in [5.74, 6) is -0.556. The lowest BCUT2D eigenvalue weighted by molar-refractivity contribution is -0.105. The van der Waals surface area contributed by atoms with Gasteiger partial charge in [0.05, 0.1) is 11.3 Å². The third-order valence-electron chi connectivity index (χ3n) is 1.41. The molecule has 1 aromatic carbocycles. The average Bonchev–Trinajstić information content (AvgIpc) is 2.05. The number of nitrogens with one attached hydrogen (secondary N) is 1. The van der Waals surface area contributed by atoms with Gasteiger partial charge in [0.15, 0.2) is 0 Å². The first-order chi connectivity index (χ1) is 5.75. The Bertz CT molecular complexity index is 318. The zero-order valence-corrected chi connectivity index (χ0v) is 8.73. The third-order valence-corrected chi connectivity index (χ3v) is 1.41. The van der Waals surface area contributed by atoms with Gasteiger partial charge in [0.25, 0.3) is 5.91 Å². The predicted octanol–water partition coefficient (Wildman–Crippen LogP) is 1.20. The molecule has 0 aliphatic carbocycles. The van der Waals surface area contributed by atoms with Crippen LogP contribution < -0.4 is 11.1 Å². The van der Waals surface area contributed by atoms with Crippen LogP contribution in [-0.4, -0.2) is 12.3 Å². The quantitative estimate of drug-likeness (QED) is 0.775. The van der Waals surface area contributed by atoms with Gasteiger partial charge in [-0.15, -0.1) is 24.8 Å². The summed E-state index contributed by atoms with van der Waals surface area (Å²) in [6, 6.07) is 6.54. The number of primary amides is 1. The van der Waals surface area contributed by atoms with Crippen molar-refractivity contribution >= 4 is 42.8 Å². The molecule has 4 nitrogen and oxygen atoms in total. The van der Waals surface area contributed by atoms with Crippen molar-refractivity contribution in [1.29, 1.82) is 0 Å². The minimum Gasteiger partial charge on any atom is -0.366 e. The van der Waals surface area contributed by atoms with Gasteiger partial charge in [-0.1, -0.05) is 12.1 Å². The maximum absolute atomic E-state index is 10.8. The molecule has 0 saturated carbocycles. The van der Waals surface area contributed by atoms with Gasteiger partial charge in [-0.3, -0.25) is 9.59 Å². The van der Waals surface area contributed by atoms with Gasteiger partial charge in [-0.05, 0) is 12.1 Å². The van der Waals surface area contributed by atoms with E-state index in [0.29, 0.717) is 17.7 Å². The van der Waals surface area contributed by atoms with E-state index in [1.165, 1.54) is 0 Å². The Hall–Kier alpha value is -1.26. The second-order valence-electron chi connectivity index (χ2n) is 2.17. The largest absolute Gasteiger partial charge is 0.366 e. The average molecular weight is 237 g/mol. The first-order valence-electron chi connectivity index (χ1n) is 3.34. The molecule has 0 unspecified atom stereocenters. The van der Waals surface area contributed by atoms with Crippen LogP contribution in [0.1, 0.15) is 10.4 Å². The maximum Gasteiger partial charge on any atom is 0.250 e. The number of hydrogen-bond donors (Lipinski definition) is 2. The van der Waals surface area contributed by atoms with E-state index < -0.39 is 5.91 Å². The van der Waals surface area contributed by atoms with Gasteiger partial charge in [0, 0.05) is 0 Å². The fourth-order valence-electron chi connectivity index (χ4n) is 0.887. The highest BCUT2D eigenvalue weighted by molar-refractivity contribution is 6.00. The highest BCUT2D eigenvalue weighted by Crippen LogP contribution is 2.12. The number of para-hydroxylation sites is 1. The van der Waals surface area contributed by atoms with Gasteiger partial charge in [0.1, 0.15) is 0 Å². The fraction of sp³-hybridized carbons (Fsp3) is 0. The Labute approximate surface area is 93.7 Å². The first kappa shape index (κ1) is 15.2. The number of carbonyl (C=O) groups excluding carboxylic acids is 2. The summed E-state index contributed by atoms with van der Waals surface area (Å²) in [6.07, 6.45) is 0.502. The van der Waals surface area contributed by atoms with Crippen LogP contribution >= 0.6 is 24.8 Å². The molecule has 0 heterocycles. The lowest BCUT2D eigenvalue weighted by atomic mass is 10.2. The van der Waals surface area contributed by atoms with E-state index in [2.05, 4.69) is 5.32 Å². The number of benzene rings is 1. The molecular weight excluding hydrogens is 227 g/mol. The van der Waals surface area contributed by atoms with Crippen molar-refractivity contribution in [3.05, 3.63) is 29.8 Å². The van der Waals surface area contributed by atoms with Crippen LogP contribution in [0.5, 0.6) is 0 Å². The summed E-state index contributed by atoms with van der Waals surface area (Å²) < 4.78 is 0. The Morgan fingerprint density at radius 3 is 2.36 bits per heavy atom. The normalized spacial score (nSPS) is 7.71. The van der Waals surface area contributed by atoms with Gasteiger partial charge in [0.2, 0.25) is 6.41 Å². The van der Waals surface area contributed by atoms with Crippen LogP contribution in [-0.2, 0) is 4.79 Å². The number of halogens is 2. The van der Waals surface area contributed by atoms with Crippen LogP contribution in [0.15, 0.2) is 24.3 Å². The van der Waals surface area contributed by atoms with Gasteiger partial charge in [-0.2, -0.15) is 0 Å². The van der Waals surface area contributed by atoms with Crippen LogP contribution in [0.4, 0.5) is 5.69 Å². The van der Waals surface area contributed by atoms with E-state index in [9.17, 15) is 9.59 Å². The fourth-order valence-corrected chi connectivity index (χ4v) is 0.887. The van der Waals surface area contributed by atoms with E-state index in [1.807, 2.05) is 0 Å². The summed E-state index contributed by atoms with van der Waals surface area (Å²) >= 11 is 0. The zero-order valence-electron chi connectivity index (χ0n) is 7.10. The van der Waals surface area contributed by atoms with Gasteiger partial charge in [-0.25, -0.2) is 0 Å². The molecule has 0 atom stereocenters. The van der Waals surface area contributed by atoms with Crippen LogP contribution in [0.25, 0.3) is 0 Å². The van der Waals surface area contributed by atoms with Crippen LogP contribution in [0, 0.1) is 0 Å².